The second kappa shape index (κ2) is 7.07. The molecule has 0 aliphatic rings. The van der Waals surface area contributed by atoms with E-state index in [4.69, 9.17) is 4.74 Å². The van der Waals surface area contributed by atoms with E-state index in [1.165, 1.54) is 10.9 Å². The number of nitrogens with zero attached hydrogens (tertiary/aromatic N) is 2. The number of hydrogen-bond donors (Lipinski definition) is 1. The Morgan fingerprint density at radius 3 is 2.44 bits per heavy atom. The van der Waals surface area contributed by atoms with Crippen LogP contribution >= 0.6 is 0 Å². The van der Waals surface area contributed by atoms with E-state index in [0.29, 0.717) is 10.9 Å². The van der Waals surface area contributed by atoms with Crippen LogP contribution in [0, 0.1) is 20.8 Å². The third kappa shape index (κ3) is 3.56. The van der Waals surface area contributed by atoms with E-state index in [1.54, 1.807) is 6.07 Å². The van der Waals surface area contributed by atoms with Crippen molar-refractivity contribution in [1.82, 2.24) is 9.55 Å². The summed E-state index contributed by atoms with van der Waals surface area (Å²) in [4.78, 5) is 16.9. The lowest BCUT2D eigenvalue weighted by molar-refractivity contribution is 0.0908. The average Bonchev–Trinajstić information content (AvgIpc) is 2.57. The van der Waals surface area contributed by atoms with Gasteiger partial charge in [0.1, 0.15) is 18.5 Å². The largest absolute Gasteiger partial charge is 0.490 e. The first kappa shape index (κ1) is 17.2. The maximum atomic E-state index is 12.6. The van der Waals surface area contributed by atoms with Crippen molar-refractivity contribution >= 4 is 10.9 Å². The molecule has 0 radical (unpaired) electrons. The Morgan fingerprint density at radius 1 is 1.08 bits per heavy atom. The van der Waals surface area contributed by atoms with E-state index in [2.05, 4.69) is 4.98 Å². The Labute approximate surface area is 146 Å². The molecule has 130 valence electrons. The number of benzene rings is 2. The molecule has 0 bridgehead atoms. The second-order valence-corrected chi connectivity index (χ2v) is 6.36. The number of aryl methyl sites for hydroxylation is 3. The molecule has 0 spiro atoms. The minimum absolute atomic E-state index is 0.115. The van der Waals surface area contributed by atoms with Gasteiger partial charge in [0.2, 0.25) is 0 Å². The van der Waals surface area contributed by atoms with Crippen LogP contribution in [0.3, 0.4) is 0 Å². The van der Waals surface area contributed by atoms with Crippen molar-refractivity contribution in [2.45, 2.75) is 33.4 Å². The molecule has 1 unspecified atom stereocenters. The molecule has 2 aromatic carbocycles. The van der Waals surface area contributed by atoms with Crippen LogP contribution in [-0.2, 0) is 6.54 Å². The van der Waals surface area contributed by atoms with Crippen LogP contribution in [0.25, 0.3) is 10.9 Å². The summed E-state index contributed by atoms with van der Waals surface area (Å²) in [7, 11) is 0. The van der Waals surface area contributed by atoms with Gasteiger partial charge in [-0.1, -0.05) is 30.3 Å². The summed E-state index contributed by atoms with van der Waals surface area (Å²) in [5, 5.41) is 10.8. The topological polar surface area (TPSA) is 64.3 Å². The maximum absolute atomic E-state index is 12.6. The minimum Gasteiger partial charge on any atom is -0.490 e. The maximum Gasteiger partial charge on any atom is 0.261 e. The van der Waals surface area contributed by atoms with Gasteiger partial charge in [-0.3, -0.25) is 9.36 Å². The lowest BCUT2D eigenvalue weighted by Crippen LogP contribution is -2.30. The summed E-state index contributed by atoms with van der Waals surface area (Å²) < 4.78 is 7.19. The van der Waals surface area contributed by atoms with Gasteiger partial charge in [0.05, 0.1) is 23.8 Å². The van der Waals surface area contributed by atoms with Crippen LogP contribution < -0.4 is 10.3 Å². The molecule has 3 aromatic rings. The number of ether oxygens (including phenoxy) is 1. The molecule has 25 heavy (non-hydrogen) atoms. The fraction of sp³-hybridized carbons (Fsp3) is 0.300. The van der Waals surface area contributed by atoms with Gasteiger partial charge in [0.25, 0.3) is 5.56 Å². The zero-order valence-electron chi connectivity index (χ0n) is 14.7. The van der Waals surface area contributed by atoms with Gasteiger partial charge < -0.3 is 9.84 Å². The summed E-state index contributed by atoms with van der Waals surface area (Å²) in [5.74, 6) is 0.779. The summed E-state index contributed by atoms with van der Waals surface area (Å²) in [6, 6.07) is 11.4. The number of fused-ring (bicyclic) bond motifs is 1. The van der Waals surface area contributed by atoms with Gasteiger partial charge in [-0.05, 0) is 43.5 Å². The molecule has 5 nitrogen and oxygen atoms in total. The van der Waals surface area contributed by atoms with E-state index in [9.17, 15) is 9.90 Å². The third-order valence-electron chi connectivity index (χ3n) is 4.29. The molecule has 0 aliphatic heterocycles. The molecule has 5 heteroatoms. The molecule has 3 rings (SSSR count). The summed E-state index contributed by atoms with van der Waals surface area (Å²) in [6.07, 6.45) is 0.681. The Balaban J connectivity index is 1.75. The molecule has 0 saturated heterocycles. The van der Waals surface area contributed by atoms with Gasteiger partial charge in [0, 0.05) is 0 Å². The van der Waals surface area contributed by atoms with Crippen LogP contribution in [-0.4, -0.2) is 27.4 Å². The van der Waals surface area contributed by atoms with Crippen LogP contribution in [0.1, 0.15) is 16.7 Å². The van der Waals surface area contributed by atoms with Gasteiger partial charge >= 0.3 is 0 Å². The first-order valence-corrected chi connectivity index (χ1v) is 8.29. The van der Waals surface area contributed by atoms with Gasteiger partial charge in [-0.15, -0.1) is 0 Å². The van der Waals surface area contributed by atoms with Crippen LogP contribution in [0.15, 0.2) is 47.5 Å². The van der Waals surface area contributed by atoms with Crippen molar-refractivity contribution in [3.63, 3.8) is 0 Å². The molecule has 0 saturated carbocycles. The predicted octanol–water partition coefficient (Wildman–Crippen LogP) is 2.76. The Hall–Kier alpha value is -2.66. The summed E-state index contributed by atoms with van der Waals surface area (Å²) >= 11 is 0. The first-order chi connectivity index (χ1) is 12.0. The molecule has 0 amide bonds. The molecular formula is C20H22N2O3. The van der Waals surface area contributed by atoms with Crippen molar-refractivity contribution in [3.8, 4) is 5.75 Å². The Morgan fingerprint density at radius 2 is 1.72 bits per heavy atom. The molecular weight excluding hydrogens is 316 g/mol. The number of para-hydroxylation sites is 2. The highest BCUT2D eigenvalue weighted by atomic mass is 16.5. The molecule has 0 aliphatic carbocycles. The van der Waals surface area contributed by atoms with Gasteiger partial charge in [-0.2, -0.15) is 0 Å². The highest BCUT2D eigenvalue weighted by Gasteiger charge is 2.12. The van der Waals surface area contributed by atoms with Crippen LogP contribution in [0.5, 0.6) is 5.75 Å². The first-order valence-electron chi connectivity index (χ1n) is 8.29. The zero-order valence-corrected chi connectivity index (χ0v) is 14.7. The molecule has 1 N–H and O–H groups in total. The normalized spacial score (nSPS) is 12.3. The SMILES string of the molecule is Cc1cccc(C)c1OCC(O)Cn1cnc2c(C)cccc2c1=O. The smallest absolute Gasteiger partial charge is 0.261 e. The zero-order chi connectivity index (χ0) is 18.0. The molecule has 0 fully saturated rings. The summed E-state index contributed by atoms with van der Waals surface area (Å²) in [6.45, 7) is 6.11. The van der Waals surface area contributed by atoms with E-state index in [1.807, 2.05) is 51.1 Å². The van der Waals surface area contributed by atoms with Crippen molar-refractivity contribution in [3.05, 3.63) is 69.8 Å². The molecule has 1 heterocycles. The lowest BCUT2D eigenvalue weighted by atomic mass is 10.1. The van der Waals surface area contributed by atoms with Crippen molar-refractivity contribution in [2.24, 2.45) is 0 Å². The number of hydrogen-bond acceptors (Lipinski definition) is 4. The summed E-state index contributed by atoms with van der Waals surface area (Å²) in [5.41, 5.74) is 3.55. The number of aliphatic hydroxyl groups excluding tert-OH is 1. The monoisotopic (exact) mass is 338 g/mol. The fourth-order valence-corrected chi connectivity index (χ4v) is 2.95. The van der Waals surface area contributed by atoms with E-state index < -0.39 is 6.10 Å². The Kier molecular flexibility index (Phi) is 4.86. The Bertz CT molecular complexity index is 943. The van der Waals surface area contributed by atoms with Crippen LogP contribution in [0.2, 0.25) is 0 Å². The average molecular weight is 338 g/mol. The standard InChI is InChI=1S/C20H22N2O3/c1-13-6-5-9-17-18(13)21-12-22(20(17)24)10-16(23)11-25-19-14(2)7-4-8-15(19)3/h4-9,12,16,23H,10-11H2,1-3H3. The third-order valence-corrected chi connectivity index (χ3v) is 4.29. The minimum atomic E-state index is -0.805. The fourth-order valence-electron chi connectivity index (χ4n) is 2.95. The number of rotatable bonds is 5. The van der Waals surface area contributed by atoms with E-state index in [-0.39, 0.29) is 18.7 Å². The number of aromatic nitrogens is 2. The molecule has 1 atom stereocenters. The number of aliphatic hydroxyl groups is 1. The van der Waals surface area contributed by atoms with Crippen molar-refractivity contribution in [2.75, 3.05) is 6.61 Å². The second-order valence-electron chi connectivity index (χ2n) is 6.36. The highest BCUT2D eigenvalue weighted by Crippen LogP contribution is 2.22. The van der Waals surface area contributed by atoms with Gasteiger partial charge in [-0.25, -0.2) is 4.98 Å². The predicted molar refractivity (Wildman–Crippen MR) is 98.2 cm³/mol. The van der Waals surface area contributed by atoms with Gasteiger partial charge in [0.15, 0.2) is 0 Å². The van der Waals surface area contributed by atoms with Crippen molar-refractivity contribution < 1.29 is 9.84 Å². The quantitative estimate of drug-likeness (QED) is 0.777. The molecule has 1 aromatic heterocycles. The van der Waals surface area contributed by atoms with E-state index in [0.717, 1.165) is 22.4 Å². The van der Waals surface area contributed by atoms with Crippen molar-refractivity contribution in [1.29, 1.82) is 0 Å². The van der Waals surface area contributed by atoms with Crippen LogP contribution in [0.4, 0.5) is 0 Å². The highest BCUT2D eigenvalue weighted by molar-refractivity contribution is 5.80. The van der Waals surface area contributed by atoms with E-state index >= 15 is 0 Å². The lowest BCUT2D eigenvalue weighted by Gasteiger charge is -2.16.